The Morgan fingerprint density at radius 2 is 2.14 bits per heavy atom. The zero-order valence-electron chi connectivity index (χ0n) is 8.78. The van der Waals surface area contributed by atoms with Crippen LogP contribution in [-0.2, 0) is 4.74 Å². The Labute approximate surface area is 83.9 Å². The molecule has 0 aliphatic heterocycles. The lowest BCUT2D eigenvalue weighted by molar-refractivity contribution is 0.0694. The van der Waals surface area contributed by atoms with Crippen molar-refractivity contribution in [3.8, 4) is 6.07 Å². The van der Waals surface area contributed by atoms with Crippen LogP contribution in [0.3, 0.4) is 0 Å². The highest BCUT2D eigenvalue weighted by Gasteiger charge is 2.25. The molecule has 0 heterocycles. The third kappa shape index (κ3) is 4.67. The van der Waals surface area contributed by atoms with Gasteiger partial charge in [0.05, 0.1) is 12.7 Å². The molecule has 80 valence electrons. The quantitative estimate of drug-likeness (QED) is 0.694. The Kier molecular flexibility index (Phi) is 4.95. The average Bonchev–Trinajstić information content (AvgIpc) is 2.01. The number of carboxylic acid groups (broad SMARTS) is 1. The molecule has 14 heavy (non-hydrogen) atoms. The van der Waals surface area contributed by atoms with Gasteiger partial charge in [0.1, 0.15) is 6.61 Å². The van der Waals surface area contributed by atoms with E-state index >= 15 is 0 Å². The second-order valence-corrected chi connectivity index (χ2v) is 3.82. The topological polar surface area (TPSA) is 73.6 Å². The van der Waals surface area contributed by atoms with Crippen molar-refractivity contribution in [2.75, 3.05) is 19.8 Å². The first-order valence-electron chi connectivity index (χ1n) is 4.35. The highest BCUT2D eigenvalue weighted by molar-refractivity contribution is 5.65. The molecule has 0 radical (unpaired) electrons. The lowest BCUT2D eigenvalue weighted by Gasteiger charge is -2.32. The maximum absolute atomic E-state index is 10.8. The van der Waals surface area contributed by atoms with Gasteiger partial charge in [0, 0.05) is 12.1 Å². The van der Waals surface area contributed by atoms with Crippen molar-refractivity contribution in [2.24, 2.45) is 0 Å². The lowest BCUT2D eigenvalue weighted by atomic mass is 10.1. The van der Waals surface area contributed by atoms with Crippen molar-refractivity contribution in [3.05, 3.63) is 0 Å². The van der Waals surface area contributed by atoms with E-state index in [1.54, 1.807) is 0 Å². The summed E-state index contributed by atoms with van der Waals surface area (Å²) in [6.45, 7) is 5.96. The maximum atomic E-state index is 10.8. The first-order valence-corrected chi connectivity index (χ1v) is 4.35. The smallest absolute Gasteiger partial charge is 0.407 e. The summed E-state index contributed by atoms with van der Waals surface area (Å²) in [5.74, 6) is 0. The lowest BCUT2D eigenvalue weighted by Crippen LogP contribution is -2.46. The van der Waals surface area contributed by atoms with Gasteiger partial charge in [-0.3, -0.25) is 0 Å². The summed E-state index contributed by atoms with van der Waals surface area (Å²) in [6.07, 6.45) is -0.974. The van der Waals surface area contributed by atoms with Crippen molar-refractivity contribution >= 4 is 6.09 Å². The van der Waals surface area contributed by atoms with E-state index in [0.29, 0.717) is 0 Å². The van der Waals surface area contributed by atoms with Crippen LogP contribution in [0.15, 0.2) is 0 Å². The fourth-order valence-electron chi connectivity index (χ4n) is 0.992. The molecule has 1 N–H and O–H groups in total. The minimum absolute atomic E-state index is 0.00238. The molecule has 1 amide bonds. The van der Waals surface area contributed by atoms with E-state index in [1.807, 2.05) is 26.8 Å². The number of nitrogens with zero attached hydrogens (tertiary/aromatic N) is 2. The third-order valence-electron chi connectivity index (χ3n) is 1.67. The largest absolute Gasteiger partial charge is 0.465 e. The molecule has 5 heteroatoms. The van der Waals surface area contributed by atoms with E-state index < -0.39 is 11.6 Å². The summed E-state index contributed by atoms with van der Waals surface area (Å²) in [6, 6.07) is 1.82. The molecule has 0 aromatic heterocycles. The fraction of sp³-hybridized carbons (Fsp3) is 0.778. The second-order valence-electron chi connectivity index (χ2n) is 3.82. The van der Waals surface area contributed by atoms with Crippen LogP contribution in [0.2, 0.25) is 0 Å². The Bertz CT molecular complexity index is 227. The van der Waals surface area contributed by atoms with E-state index in [4.69, 9.17) is 15.1 Å². The summed E-state index contributed by atoms with van der Waals surface area (Å²) in [7, 11) is 0. The van der Waals surface area contributed by atoms with Gasteiger partial charge in [-0.2, -0.15) is 5.26 Å². The first-order chi connectivity index (χ1) is 6.39. The monoisotopic (exact) mass is 200 g/mol. The summed E-state index contributed by atoms with van der Waals surface area (Å²) < 4.78 is 4.89. The summed E-state index contributed by atoms with van der Waals surface area (Å²) in [4.78, 5) is 12.1. The summed E-state index contributed by atoms with van der Waals surface area (Å²) in [5, 5.41) is 17.1. The molecule has 5 nitrogen and oxygen atoms in total. The van der Waals surface area contributed by atoms with Gasteiger partial charge in [0.15, 0.2) is 0 Å². The van der Waals surface area contributed by atoms with Crippen molar-refractivity contribution in [1.29, 1.82) is 5.26 Å². The SMILES string of the molecule is CC(C)(C)N(CCOCC#N)C(=O)O. The Morgan fingerprint density at radius 1 is 1.57 bits per heavy atom. The normalized spacial score (nSPS) is 10.7. The van der Waals surface area contributed by atoms with Gasteiger partial charge in [0.25, 0.3) is 0 Å². The van der Waals surface area contributed by atoms with Gasteiger partial charge < -0.3 is 14.7 Å². The van der Waals surface area contributed by atoms with Crippen LogP contribution in [0.5, 0.6) is 0 Å². The Balaban J connectivity index is 4.01. The molecule has 0 bridgehead atoms. The molecule has 0 aliphatic carbocycles. The third-order valence-corrected chi connectivity index (χ3v) is 1.67. The molecule has 0 atom stereocenters. The first kappa shape index (κ1) is 12.7. The molecule has 0 rings (SSSR count). The van der Waals surface area contributed by atoms with Gasteiger partial charge in [0.2, 0.25) is 0 Å². The molecule has 0 saturated heterocycles. The van der Waals surface area contributed by atoms with Crippen LogP contribution >= 0.6 is 0 Å². The maximum Gasteiger partial charge on any atom is 0.407 e. The molecule has 0 saturated carbocycles. The van der Waals surface area contributed by atoms with Gasteiger partial charge >= 0.3 is 6.09 Å². The van der Waals surface area contributed by atoms with E-state index in [0.717, 1.165) is 0 Å². The molecule has 0 spiro atoms. The summed E-state index contributed by atoms with van der Waals surface area (Å²) in [5.41, 5.74) is -0.443. The van der Waals surface area contributed by atoms with Crippen molar-refractivity contribution in [2.45, 2.75) is 26.3 Å². The second kappa shape index (κ2) is 5.45. The molecule has 0 aromatic carbocycles. The molecule has 0 aromatic rings. The van der Waals surface area contributed by atoms with Crippen molar-refractivity contribution in [3.63, 3.8) is 0 Å². The van der Waals surface area contributed by atoms with Gasteiger partial charge in [-0.15, -0.1) is 0 Å². The van der Waals surface area contributed by atoms with Crippen LogP contribution in [-0.4, -0.2) is 41.4 Å². The Hall–Kier alpha value is -1.28. The number of ether oxygens (including phenoxy) is 1. The molecular weight excluding hydrogens is 184 g/mol. The number of nitriles is 1. The number of carbonyl (C=O) groups is 1. The van der Waals surface area contributed by atoms with E-state index in [2.05, 4.69) is 0 Å². The standard InChI is InChI=1S/C9H16N2O3/c1-9(2,3)11(8(12)13)5-7-14-6-4-10/h5-7H2,1-3H3,(H,12,13). The summed E-state index contributed by atoms with van der Waals surface area (Å²) >= 11 is 0. The zero-order chi connectivity index (χ0) is 11.2. The Morgan fingerprint density at radius 3 is 2.50 bits per heavy atom. The van der Waals surface area contributed by atoms with Gasteiger partial charge in [-0.1, -0.05) is 0 Å². The number of hydrogen-bond acceptors (Lipinski definition) is 3. The highest BCUT2D eigenvalue weighted by Crippen LogP contribution is 2.12. The van der Waals surface area contributed by atoms with Crippen LogP contribution in [0, 0.1) is 11.3 Å². The van der Waals surface area contributed by atoms with E-state index in [1.165, 1.54) is 4.90 Å². The molecule has 0 unspecified atom stereocenters. The number of rotatable bonds is 4. The van der Waals surface area contributed by atoms with Crippen molar-refractivity contribution < 1.29 is 14.6 Å². The van der Waals surface area contributed by atoms with Crippen LogP contribution < -0.4 is 0 Å². The fourth-order valence-corrected chi connectivity index (χ4v) is 0.992. The van der Waals surface area contributed by atoms with Crippen LogP contribution in [0.1, 0.15) is 20.8 Å². The number of amides is 1. The zero-order valence-corrected chi connectivity index (χ0v) is 8.78. The number of hydrogen-bond donors (Lipinski definition) is 1. The highest BCUT2D eigenvalue weighted by atomic mass is 16.5. The van der Waals surface area contributed by atoms with E-state index in [-0.39, 0.29) is 19.8 Å². The molecular formula is C9H16N2O3. The minimum Gasteiger partial charge on any atom is -0.465 e. The predicted octanol–water partition coefficient (Wildman–Crippen LogP) is 1.31. The van der Waals surface area contributed by atoms with Gasteiger partial charge in [-0.05, 0) is 20.8 Å². The average molecular weight is 200 g/mol. The molecule has 0 aliphatic rings. The predicted molar refractivity (Wildman–Crippen MR) is 50.9 cm³/mol. The molecule has 0 fully saturated rings. The minimum atomic E-state index is -0.974. The van der Waals surface area contributed by atoms with E-state index in [9.17, 15) is 4.79 Å². The van der Waals surface area contributed by atoms with Crippen LogP contribution in [0.4, 0.5) is 4.79 Å². The van der Waals surface area contributed by atoms with Crippen molar-refractivity contribution in [1.82, 2.24) is 4.90 Å². The van der Waals surface area contributed by atoms with Crippen LogP contribution in [0.25, 0.3) is 0 Å². The van der Waals surface area contributed by atoms with Gasteiger partial charge in [-0.25, -0.2) is 4.79 Å².